The zero-order valence-corrected chi connectivity index (χ0v) is 62.2. The molecule has 2 aliphatic rings. The molecule has 0 spiro atoms. The summed E-state index contributed by atoms with van der Waals surface area (Å²) in [5, 5.41) is 108. The Labute approximate surface area is 635 Å². The van der Waals surface area contributed by atoms with Gasteiger partial charge in [0, 0.05) is 68.3 Å². The number of unbranched alkanes of at least 4 members (excludes halogenated alkanes) is 2. The monoisotopic (exact) mass is 1620 g/mol. The molecule has 2 saturated heterocycles. The van der Waals surface area contributed by atoms with Crippen molar-refractivity contribution >= 4 is 98.1 Å². The molecule has 0 aromatic carbocycles. The van der Waals surface area contributed by atoms with Crippen LogP contribution in [0.2, 0.25) is 0 Å². The molecule has 19 atom stereocenters. The van der Waals surface area contributed by atoms with Crippen LogP contribution < -0.4 is 77.8 Å². The van der Waals surface area contributed by atoms with Crippen LogP contribution in [-0.4, -0.2) is 291 Å². The van der Waals surface area contributed by atoms with Gasteiger partial charge in [-0.25, -0.2) is 29.7 Å². The quantitative estimate of drug-likeness (QED) is 0.00645. The molecule has 7 amide bonds. The molecule has 33 N–H and O–H groups in total. The summed E-state index contributed by atoms with van der Waals surface area (Å²) in [6.45, 7) is 4.13. The van der Waals surface area contributed by atoms with Crippen molar-refractivity contribution in [3.05, 3.63) is 56.8 Å². The van der Waals surface area contributed by atoms with Gasteiger partial charge >= 0.3 is 16.5 Å². The van der Waals surface area contributed by atoms with E-state index in [1.807, 2.05) is 0 Å². The number of aliphatic imine (C=N–C) groups is 2. The van der Waals surface area contributed by atoms with Crippen molar-refractivity contribution in [1.29, 1.82) is 0 Å². The number of primary amides is 3. The number of H-pyrrole nitrogens is 1. The SMILES string of the molecule is Cc1c(N)nc(C(CC(N)=O)NCC(N)C(N)=O)nc1C(=O)NC(C(=O)NC(C)C(O)C(C)C(=O)NC(C(=O)NCCc1nc(-c2nc(C(=O)CCCCN=C(N)NCCCCN=C(N)N)cs2)cs1)C(C)O)C(O[C@H]1O[C@H](CO)[C@H](O)C(O)[C@H]1OC1O[C@H](CO)[C@@H](O)[C@H](OC(N)=O)C1O)c1cnc[nH]1.O=S(=O)(O)O. The zero-order chi connectivity index (χ0) is 82.0. The van der Waals surface area contributed by atoms with Crippen LogP contribution in [-0.2, 0) is 64.5 Å². The van der Waals surface area contributed by atoms with Crippen LogP contribution in [0.1, 0.15) is 115 Å². The summed E-state index contributed by atoms with van der Waals surface area (Å²) in [6.07, 6.45) is -22.3. The molecular weight excluding hydrogens is 1520 g/mol. The highest BCUT2D eigenvalue weighted by Crippen LogP contribution is 2.35. The smallest absolute Gasteiger partial charge is 0.404 e. The van der Waals surface area contributed by atoms with E-state index in [2.05, 4.69) is 71.8 Å². The number of carbonyl (C=O) groups excluding carboxylic acids is 8. The third-order valence-corrected chi connectivity index (χ3v) is 18.4. The molecule has 4 aromatic rings. The van der Waals surface area contributed by atoms with Gasteiger partial charge in [-0.2, -0.15) is 8.42 Å². The minimum absolute atomic E-state index is 0.0272. The molecule has 2 aliphatic heterocycles. The van der Waals surface area contributed by atoms with Crippen molar-refractivity contribution in [3.8, 4) is 10.7 Å². The van der Waals surface area contributed by atoms with Crippen molar-refractivity contribution in [2.24, 2.45) is 56.0 Å². The number of nitrogens with one attached hydrogen (secondary N) is 7. The number of thiazole rings is 2. The van der Waals surface area contributed by atoms with E-state index in [4.69, 9.17) is 87.1 Å². The van der Waals surface area contributed by atoms with Gasteiger partial charge in [-0.05, 0) is 46.5 Å². The number of aliphatic hydroxyl groups is 8. The minimum atomic E-state index is -4.67. The molecule has 614 valence electrons. The predicted octanol–water partition coefficient (Wildman–Crippen LogP) is -9.04. The Balaban J connectivity index is 0.00000419. The number of nitrogens with two attached hydrogens (primary N) is 8. The number of amides is 7. The molecule has 0 radical (unpaired) electrons. The maximum absolute atomic E-state index is 15.2. The zero-order valence-electron chi connectivity index (χ0n) is 59.7. The van der Waals surface area contributed by atoms with E-state index in [0.29, 0.717) is 54.1 Å². The summed E-state index contributed by atoms with van der Waals surface area (Å²) in [5.41, 5.74) is 44.7. The number of hydrogen-bond donors (Lipinski definition) is 25. The molecule has 2 fully saturated rings. The Hall–Kier alpha value is -9.04. The number of aliphatic hydroxyl groups excluding tert-OH is 8. The van der Waals surface area contributed by atoms with Crippen molar-refractivity contribution in [2.75, 3.05) is 51.7 Å². The number of imidazole rings is 1. The van der Waals surface area contributed by atoms with Crippen LogP contribution in [0.5, 0.6) is 0 Å². The van der Waals surface area contributed by atoms with E-state index >= 15 is 4.79 Å². The third kappa shape index (κ3) is 28.1. The second-order valence-corrected chi connectivity index (χ2v) is 27.8. The van der Waals surface area contributed by atoms with Gasteiger partial charge in [-0.1, -0.05) is 6.92 Å². The highest BCUT2D eigenvalue weighted by molar-refractivity contribution is 7.79. The highest BCUT2D eigenvalue weighted by atomic mass is 32.3. The maximum atomic E-state index is 15.2. The summed E-state index contributed by atoms with van der Waals surface area (Å²) in [6, 6.07) is -7.91. The van der Waals surface area contributed by atoms with Crippen LogP contribution in [0.3, 0.4) is 0 Å². The van der Waals surface area contributed by atoms with E-state index in [1.165, 1.54) is 50.4 Å². The van der Waals surface area contributed by atoms with Crippen LogP contribution in [0, 0.1) is 12.8 Å². The highest BCUT2D eigenvalue weighted by Gasteiger charge is 2.54. The lowest BCUT2D eigenvalue weighted by Gasteiger charge is -2.47. The molecule has 6 rings (SSSR count). The van der Waals surface area contributed by atoms with E-state index < -0.39 is 193 Å². The first kappa shape index (κ1) is 91.6. The predicted molar refractivity (Wildman–Crippen MR) is 385 cm³/mol. The summed E-state index contributed by atoms with van der Waals surface area (Å²) in [7, 11) is -4.67. The van der Waals surface area contributed by atoms with E-state index in [9.17, 15) is 74.4 Å². The van der Waals surface area contributed by atoms with Gasteiger partial charge < -0.3 is 147 Å². The van der Waals surface area contributed by atoms with Crippen LogP contribution in [0.25, 0.3) is 10.7 Å². The molecule has 47 nitrogen and oxygen atoms in total. The van der Waals surface area contributed by atoms with Gasteiger partial charge in [0.1, 0.15) is 94.6 Å². The third-order valence-electron chi connectivity index (χ3n) is 16.6. The number of ketones is 1. The first-order valence-electron chi connectivity index (χ1n) is 33.7. The van der Waals surface area contributed by atoms with Gasteiger partial charge in [0.25, 0.3) is 5.91 Å². The number of carbonyl (C=O) groups is 8. The first-order chi connectivity index (χ1) is 51.7. The largest absolute Gasteiger partial charge is 0.441 e. The Bertz CT molecular complexity index is 3870. The van der Waals surface area contributed by atoms with Crippen molar-refractivity contribution in [2.45, 2.75) is 183 Å². The number of aromatic amines is 1. The van der Waals surface area contributed by atoms with Crippen molar-refractivity contribution < 1.29 is 120 Å². The maximum Gasteiger partial charge on any atom is 0.404 e. The van der Waals surface area contributed by atoms with Gasteiger partial charge in [0.05, 0.1) is 72.7 Å². The Kier molecular flexibility index (Phi) is 36.2. The average molecular weight is 1620 g/mol. The number of Topliss-reactive ketones (excluding diaryl/α,β-unsaturated/α-hetero) is 1. The number of anilines is 1. The van der Waals surface area contributed by atoms with Crippen LogP contribution >= 0.6 is 22.7 Å². The van der Waals surface area contributed by atoms with Gasteiger partial charge in [0.2, 0.25) is 29.5 Å². The molecule has 0 bridgehead atoms. The average Bonchev–Trinajstić information content (AvgIpc) is 0.940. The number of nitrogens with zero attached hydrogens (tertiary/aromatic N) is 7. The number of ether oxygens (including phenoxy) is 5. The lowest BCUT2D eigenvalue weighted by molar-refractivity contribution is -0.372. The lowest BCUT2D eigenvalue weighted by atomic mass is 9.96. The van der Waals surface area contributed by atoms with E-state index in [0.717, 1.165) is 25.4 Å². The molecular formula is C60H96N22O25S3. The number of guanidine groups is 2. The normalized spacial score (nSPS) is 22.5. The summed E-state index contributed by atoms with van der Waals surface area (Å²) >= 11 is 2.50. The fraction of sp³-hybridized carbons (Fsp3) is 0.617. The number of aromatic nitrogens is 6. The molecule has 4 aromatic heterocycles. The Morgan fingerprint density at radius 1 is 0.745 bits per heavy atom. The van der Waals surface area contributed by atoms with E-state index in [-0.39, 0.29) is 66.3 Å². The topological polar surface area (TPSA) is 804 Å². The molecule has 50 heteroatoms. The van der Waals surface area contributed by atoms with Crippen molar-refractivity contribution in [3.63, 3.8) is 0 Å². The van der Waals surface area contributed by atoms with E-state index in [1.54, 1.807) is 10.8 Å². The molecule has 0 saturated carbocycles. The number of hydrogen-bond acceptors (Lipinski definition) is 35. The minimum Gasteiger partial charge on any atom is -0.441 e. The standard InChI is InChI=1S/C60H94N22O21S2.H2O4S/c1-23-37(79-50(82-48(23)63)28(15-35(62)87)74-16-27(61)49(64)93)53(96)81-39(45(29-17-69-22-75-29)101-57-47(43(91)41(89)33(18-83)100-57)102-56-44(92)46(103-60(68)98)42(90)34(19-84)99-56)54(97)76-25(3)40(88)24(2)51(94)80-38(26(4)85)52(95)70-14-10-36-77-31(21-104-36)55-78-30(20-105-55)32(86)9-5-6-12-72-59(67)73-13-8-7-11-71-58(65)66;1-5(2,3)4/h17,20-22,24-28,33-34,38-47,56-57,74,83-85,88-92H,5-16,18-19,61H2,1-4H3,(H2,62,87)(H2,64,93)(H2,68,98)(H,69,75)(H,70,95)(H,76,97)(H,80,94)(H,81,96)(H2,63,79,82)(H4,65,66,71)(H3,67,72,73);(H2,1,2,3,4)/t24?,25?,26?,27?,28?,33-,34-,38?,39?,40?,41+,42-,43?,44?,45?,46+,47-,56?,57-;/m1./s1. The Morgan fingerprint density at radius 2 is 1.40 bits per heavy atom. The lowest BCUT2D eigenvalue weighted by Crippen LogP contribution is -2.65. The van der Waals surface area contributed by atoms with Gasteiger partial charge in [-0.15, -0.1) is 22.7 Å². The molecule has 0 aliphatic carbocycles. The number of rotatable bonds is 41. The first-order valence-corrected chi connectivity index (χ1v) is 36.9. The van der Waals surface area contributed by atoms with Gasteiger partial charge in [-0.3, -0.25) is 52.7 Å². The van der Waals surface area contributed by atoms with Crippen LogP contribution in [0.15, 0.2) is 33.3 Å². The Morgan fingerprint density at radius 3 is 2.02 bits per heavy atom. The summed E-state index contributed by atoms with van der Waals surface area (Å²) < 4.78 is 60.3. The summed E-state index contributed by atoms with van der Waals surface area (Å²) in [4.78, 5) is 140. The molecule has 12 unspecified atom stereocenters. The summed E-state index contributed by atoms with van der Waals surface area (Å²) in [5.74, 6) is -8.29. The van der Waals surface area contributed by atoms with Gasteiger partial charge in [0.15, 0.2) is 36.4 Å². The van der Waals surface area contributed by atoms with Crippen molar-refractivity contribution in [1.82, 2.24) is 61.8 Å². The number of nitrogen functional groups attached to an aromatic ring is 1. The fourth-order valence-corrected chi connectivity index (χ4v) is 12.3. The molecule has 110 heavy (non-hydrogen) atoms. The molecule has 6 heterocycles. The second-order valence-electron chi connectivity index (χ2n) is 25.1. The second kappa shape index (κ2) is 43.5. The van der Waals surface area contributed by atoms with Crippen LogP contribution in [0.4, 0.5) is 10.6 Å². The fourth-order valence-electron chi connectivity index (χ4n) is 10.6.